The van der Waals surface area contributed by atoms with Crippen LogP contribution in [0, 0.1) is 5.92 Å². The van der Waals surface area contributed by atoms with Crippen molar-refractivity contribution in [1.82, 2.24) is 5.43 Å². The minimum absolute atomic E-state index is 0.168. The Bertz CT molecular complexity index is 644. The van der Waals surface area contributed by atoms with Gasteiger partial charge in [-0.25, -0.2) is 5.43 Å². The Morgan fingerprint density at radius 1 is 1.15 bits per heavy atom. The summed E-state index contributed by atoms with van der Waals surface area (Å²) in [4.78, 5) is 12.1. The molecule has 3 heteroatoms. The summed E-state index contributed by atoms with van der Waals surface area (Å²) in [6, 6.07) is 13.6. The lowest BCUT2D eigenvalue weighted by Crippen LogP contribution is -2.19. The third kappa shape index (κ3) is 3.67. The zero-order chi connectivity index (χ0) is 14.5. The highest BCUT2D eigenvalue weighted by Gasteiger charge is 2.05. The van der Waals surface area contributed by atoms with Gasteiger partial charge in [-0.3, -0.25) is 4.79 Å². The van der Waals surface area contributed by atoms with E-state index in [-0.39, 0.29) is 5.91 Å². The summed E-state index contributed by atoms with van der Waals surface area (Å²) in [5.74, 6) is 0.371. The molecule has 1 N–H and O–H groups in total. The first-order valence-electron chi connectivity index (χ1n) is 6.88. The van der Waals surface area contributed by atoms with Gasteiger partial charge in [0, 0.05) is 11.3 Å². The van der Waals surface area contributed by atoms with E-state index in [9.17, 15) is 4.79 Å². The second-order valence-electron chi connectivity index (χ2n) is 5.45. The molecule has 0 atom stereocenters. The number of fused-ring (bicyclic) bond motifs is 1. The Balaban J connectivity index is 2.11. The average Bonchev–Trinajstić information content (AvgIpc) is 2.43. The van der Waals surface area contributed by atoms with Crippen LogP contribution in [-0.4, -0.2) is 11.6 Å². The van der Waals surface area contributed by atoms with Crippen molar-refractivity contribution in [3.8, 4) is 0 Å². The summed E-state index contributed by atoms with van der Waals surface area (Å²) in [7, 11) is 0. The van der Waals surface area contributed by atoms with Gasteiger partial charge in [0.25, 0.3) is 5.91 Å². The summed E-state index contributed by atoms with van der Waals surface area (Å²) >= 11 is 0. The maximum Gasteiger partial charge on any atom is 0.271 e. The van der Waals surface area contributed by atoms with Crippen molar-refractivity contribution >= 4 is 22.4 Å². The molecule has 0 radical (unpaired) electrons. The van der Waals surface area contributed by atoms with Crippen molar-refractivity contribution in [3.05, 3.63) is 48.0 Å². The highest BCUT2D eigenvalue weighted by Crippen LogP contribution is 2.15. The first-order chi connectivity index (χ1) is 9.56. The van der Waals surface area contributed by atoms with E-state index in [1.165, 1.54) is 0 Å². The van der Waals surface area contributed by atoms with E-state index < -0.39 is 0 Å². The molecular formula is C17H20N2O. The Hall–Kier alpha value is -2.16. The minimum atomic E-state index is -0.168. The number of benzene rings is 2. The standard InChI is InChI=1S/C17H20N2O/c1-12(2)10-13(3)18-19-17(20)16-9-8-14-6-4-5-7-15(14)11-16/h4-9,11-12H,10H2,1-3H3,(H,19,20)/b18-13+. The highest BCUT2D eigenvalue weighted by molar-refractivity contribution is 5.99. The van der Waals surface area contributed by atoms with Gasteiger partial charge in [-0.1, -0.05) is 44.2 Å². The topological polar surface area (TPSA) is 41.5 Å². The number of carbonyl (C=O) groups is 1. The van der Waals surface area contributed by atoms with E-state index in [2.05, 4.69) is 24.4 Å². The summed E-state index contributed by atoms with van der Waals surface area (Å²) in [6.07, 6.45) is 0.887. The molecule has 2 aromatic rings. The Labute approximate surface area is 119 Å². The molecule has 0 saturated carbocycles. The zero-order valence-corrected chi connectivity index (χ0v) is 12.2. The maximum absolute atomic E-state index is 12.1. The SMILES string of the molecule is C/C(CC(C)C)=N\NC(=O)c1ccc2ccccc2c1. The van der Waals surface area contributed by atoms with Crippen LogP contribution in [0.15, 0.2) is 47.6 Å². The number of hydrazone groups is 1. The van der Waals surface area contributed by atoms with Gasteiger partial charge < -0.3 is 0 Å². The summed E-state index contributed by atoms with van der Waals surface area (Å²) in [5, 5.41) is 6.32. The monoisotopic (exact) mass is 268 g/mol. The molecule has 0 bridgehead atoms. The molecule has 3 nitrogen and oxygen atoms in total. The number of nitrogens with one attached hydrogen (secondary N) is 1. The van der Waals surface area contributed by atoms with Crippen LogP contribution < -0.4 is 5.43 Å². The smallest absolute Gasteiger partial charge is 0.267 e. The summed E-state index contributed by atoms with van der Waals surface area (Å²) < 4.78 is 0. The van der Waals surface area contributed by atoms with E-state index in [1.54, 1.807) is 0 Å². The van der Waals surface area contributed by atoms with Crippen molar-refractivity contribution in [3.63, 3.8) is 0 Å². The van der Waals surface area contributed by atoms with Gasteiger partial charge >= 0.3 is 0 Å². The van der Waals surface area contributed by atoms with E-state index in [1.807, 2.05) is 49.4 Å². The largest absolute Gasteiger partial charge is 0.271 e. The third-order valence-corrected chi connectivity index (χ3v) is 3.06. The molecule has 0 aliphatic carbocycles. The molecule has 20 heavy (non-hydrogen) atoms. The van der Waals surface area contributed by atoms with Crippen LogP contribution in [0.3, 0.4) is 0 Å². The van der Waals surface area contributed by atoms with Gasteiger partial charge in [0.05, 0.1) is 0 Å². The molecule has 0 aromatic heterocycles. The lowest BCUT2D eigenvalue weighted by atomic mass is 10.1. The van der Waals surface area contributed by atoms with Gasteiger partial charge in [-0.2, -0.15) is 5.10 Å². The van der Waals surface area contributed by atoms with Crippen LogP contribution in [0.5, 0.6) is 0 Å². The number of nitrogens with zero attached hydrogens (tertiary/aromatic N) is 1. The molecule has 104 valence electrons. The number of hydrogen-bond acceptors (Lipinski definition) is 2. The van der Waals surface area contributed by atoms with Gasteiger partial charge in [0.15, 0.2) is 0 Å². The second-order valence-corrected chi connectivity index (χ2v) is 5.45. The summed E-state index contributed by atoms with van der Waals surface area (Å²) in [5.41, 5.74) is 4.19. The molecule has 0 aliphatic heterocycles. The molecule has 1 amide bonds. The van der Waals surface area contributed by atoms with Crippen LogP contribution in [0.1, 0.15) is 37.6 Å². The predicted molar refractivity (Wildman–Crippen MR) is 84.0 cm³/mol. The highest BCUT2D eigenvalue weighted by atomic mass is 16.2. The minimum Gasteiger partial charge on any atom is -0.267 e. The van der Waals surface area contributed by atoms with Crippen LogP contribution in [0.25, 0.3) is 10.8 Å². The van der Waals surface area contributed by atoms with E-state index in [0.717, 1.165) is 22.9 Å². The Kier molecular flexibility index (Phi) is 4.51. The predicted octanol–water partition coefficient (Wildman–Crippen LogP) is 3.99. The Morgan fingerprint density at radius 3 is 2.55 bits per heavy atom. The zero-order valence-electron chi connectivity index (χ0n) is 12.2. The number of rotatable bonds is 4. The van der Waals surface area contributed by atoms with E-state index >= 15 is 0 Å². The van der Waals surface area contributed by atoms with Crippen molar-refractivity contribution in [2.24, 2.45) is 11.0 Å². The normalized spacial score (nSPS) is 11.9. The summed E-state index contributed by atoms with van der Waals surface area (Å²) in [6.45, 7) is 6.19. The van der Waals surface area contributed by atoms with Crippen molar-refractivity contribution in [2.75, 3.05) is 0 Å². The Morgan fingerprint density at radius 2 is 1.85 bits per heavy atom. The lowest BCUT2D eigenvalue weighted by Gasteiger charge is -2.05. The number of amides is 1. The van der Waals surface area contributed by atoms with Gasteiger partial charge in [-0.15, -0.1) is 0 Å². The van der Waals surface area contributed by atoms with E-state index in [0.29, 0.717) is 11.5 Å². The van der Waals surface area contributed by atoms with Crippen molar-refractivity contribution < 1.29 is 4.79 Å². The molecule has 0 saturated heterocycles. The first-order valence-corrected chi connectivity index (χ1v) is 6.88. The molecular weight excluding hydrogens is 248 g/mol. The lowest BCUT2D eigenvalue weighted by molar-refractivity contribution is 0.0955. The van der Waals surface area contributed by atoms with Crippen LogP contribution in [0.2, 0.25) is 0 Å². The number of carbonyl (C=O) groups excluding carboxylic acids is 1. The fraction of sp³-hybridized carbons (Fsp3) is 0.294. The first kappa shape index (κ1) is 14.3. The van der Waals surface area contributed by atoms with Crippen LogP contribution >= 0.6 is 0 Å². The van der Waals surface area contributed by atoms with Gasteiger partial charge in [0.1, 0.15) is 0 Å². The van der Waals surface area contributed by atoms with Crippen molar-refractivity contribution in [2.45, 2.75) is 27.2 Å². The third-order valence-electron chi connectivity index (χ3n) is 3.06. The molecule has 0 heterocycles. The molecule has 2 rings (SSSR count). The molecule has 0 unspecified atom stereocenters. The maximum atomic E-state index is 12.1. The van der Waals surface area contributed by atoms with Crippen LogP contribution in [-0.2, 0) is 0 Å². The molecule has 2 aromatic carbocycles. The molecule has 0 spiro atoms. The van der Waals surface area contributed by atoms with Crippen molar-refractivity contribution in [1.29, 1.82) is 0 Å². The fourth-order valence-corrected chi connectivity index (χ4v) is 2.18. The number of hydrogen-bond donors (Lipinski definition) is 1. The fourth-order valence-electron chi connectivity index (χ4n) is 2.18. The van der Waals surface area contributed by atoms with E-state index in [4.69, 9.17) is 0 Å². The van der Waals surface area contributed by atoms with Crippen LogP contribution in [0.4, 0.5) is 0 Å². The van der Waals surface area contributed by atoms with Gasteiger partial charge in [0.2, 0.25) is 0 Å². The van der Waals surface area contributed by atoms with Gasteiger partial charge in [-0.05, 0) is 42.2 Å². The average molecular weight is 268 g/mol. The quantitative estimate of drug-likeness (QED) is 0.661. The molecule has 0 aliphatic rings. The molecule has 0 fully saturated rings. The second kappa shape index (κ2) is 6.33.